The number of aliphatic hydroxyl groups excluding tert-OH is 6. The number of benzene rings is 2. The second-order valence-corrected chi connectivity index (χ2v) is 9.74. The maximum Gasteiger partial charge on any atom is 0.229 e. The van der Waals surface area contributed by atoms with Crippen LogP contribution in [-0.4, -0.2) is 111 Å². The van der Waals surface area contributed by atoms with Crippen molar-refractivity contribution in [2.24, 2.45) is 0 Å². The first-order valence-corrected chi connectivity index (χ1v) is 12.7. The van der Waals surface area contributed by atoms with E-state index < -0.39 is 67.3 Å². The van der Waals surface area contributed by atoms with Crippen LogP contribution in [0.25, 0.3) is 22.3 Å². The van der Waals surface area contributed by atoms with Crippen molar-refractivity contribution in [2.75, 3.05) is 20.3 Å². The van der Waals surface area contributed by atoms with Crippen LogP contribution in [0.5, 0.6) is 17.2 Å². The molecule has 0 amide bonds. The maximum absolute atomic E-state index is 13.2. The Balaban J connectivity index is 1.40. The van der Waals surface area contributed by atoms with Gasteiger partial charge in [0, 0.05) is 23.8 Å². The summed E-state index contributed by atoms with van der Waals surface area (Å²) in [4.78, 5) is 13.2. The summed E-state index contributed by atoms with van der Waals surface area (Å²) < 4.78 is 33.3. The summed E-state index contributed by atoms with van der Waals surface area (Å²) in [5, 5.41) is 70.6. The van der Waals surface area contributed by atoms with Crippen LogP contribution in [0, 0.1) is 0 Å². The van der Waals surface area contributed by atoms with Gasteiger partial charge in [0.05, 0.1) is 20.3 Å². The van der Waals surface area contributed by atoms with Gasteiger partial charge in [0.15, 0.2) is 11.7 Å². The largest absolute Gasteiger partial charge is 0.508 e. The number of aliphatic hydroxyl groups is 6. The number of methoxy groups -OCH3 is 1. The van der Waals surface area contributed by atoms with E-state index in [1.54, 1.807) is 12.1 Å². The molecular formula is C27H30O14. The average molecular weight is 579 g/mol. The van der Waals surface area contributed by atoms with Gasteiger partial charge in [-0.05, 0) is 24.3 Å². The molecule has 2 saturated heterocycles. The average Bonchev–Trinajstić information content (AvgIpc) is 2.96. The molecule has 2 fully saturated rings. The minimum Gasteiger partial charge on any atom is -0.508 e. The van der Waals surface area contributed by atoms with Gasteiger partial charge in [0.1, 0.15) is 76.7 Å². The van der Waals surface area contributed by atoms with Crippen molar-refractivity contribution >= 4 is 11.0 Å². The van der Waals surface area contributed by atoms with Gasteiger partial charge >= 0.3 is 0 Å². The highest BCUT2D eigenvalue weighted by atomic mass is 16.7. The molecule has 0 bridgehead atoms. The van der Waals surface area contributed by atoms with Gasteiger partial charge in [-0.25, -0.2) is 0 Å². The van der Waals surface area contributed by atoms with Crippen molar-refractivity contribution in [1.82, 2.24) is 0 Å². The summed E-state index contributed by atoms with van der Waals surface area (Å²) in [5.74, 6) is 0.362. The Morgan fingerprint density at radius 2 is 1.59 bits per heavy atom. The molecule has 3 aromatic rings. The Hall–Kier alpha value is -3.31. The minimum absolute atomic E-state index is 0.0242. The first kappa shape index (κ1) is 29.2. The molecule has 2 aromatic carbocycles. The van der Waals surface area contributed by atoms with Crippen LogP contribution < -0.4 is 14.9 Å². The lowest BCUT2D eigenvalue weighted by Gasteiger charge is -2.41. The van der Waals surface area contributed by atoms with Gasteiger partial charge in [-0.1, -0.05) is 0 Å². The number of ether oxygens (including phenoxy) is 5. The van der Waals surface area contributed by atoms with E-state index in [9.17, 15) is 40.5 Å². The van der Waals surface area contributed by atoms with E-state index in [1.807, 2.05) is 0 Å². The Morgan fingerprint density at radius 1 is 0.878 bits per heavy atom. The van der Waals surface area contributed by atoms with Gasteiger partial charge < -0.3 is 63.8 Å². The first-order valence-electron chi connectivity index (χ1n) is 12.7. The smallest absolute Gasteiger partial charge is 0.229 e. The quantitative estimate of drug-likeness (QED) is 0.176. The SMILES string of the molecule is COc1cc(O[C@H]2O[C@H](CO[C@@H]3OC[C@@H](O)[C@H](O)[C@H]3O)[C@@H](O)[C@H](O)[C@H]2O)c2c(=O)cc(-c3ccc(O)cc3)oc2c1. The molecule has 5 rings (SSSR count). The molecular weight excluding hydrogens is 548 g/mol. The van der Waals surface area contributed by atoms with Crippen molar-refractivity contribution in [2.45, 2.75) is 55.3 Å². The lowest BCUT2D eigenvalue weighted by molar-refractivity contribution is -0.307. The zero-order valence-corrected chi connectivity index (χ0v) is 21.6. The molecule has 0 radical (unpaired) electrons. The minimum atomic E-state index is -1.76. The fourth-order valence-electron chi connectivity index (χ4n) is 4.60. The molecule has 3 heterocycles. The van der Waals surface area contributed by atoms with Gasteiger partial charge in [0.25, 0.3) is 0 Å². The topological polar surface area (TPSA) is 218 Å². The van der Waals surface area contributed by atoms with E-state index >= 15 is 0 Å². The molecule has 14 heteroatoms. The molecule has 41 heavy (non-hydrogen) atoms. The number of phenolic OH excluding ortho intramolecular Hbond substituents is 1. The Labute approximate surface area is 232 Å². The van der Waals surface area contributed by atoms with Crippen molar-refractivity contribution < 1.29 is 63.8 Å². The molecule has 0 unspecified atom stereocenters. The summed E-state index contributed by atoms with van der Waals surface area (Å²) in [7, 11) is 1.38. The number of fused-ring (bicyclic) bond motifs is 1. The van der Waals surface area contributed by atoms with Crippen LogP contribution in [-0.2, 0) is 14.2 Å². The lowest BCUT2D eigenvalue weighted by Crippen LogP contribution is -2.61. The summed E-state index contributed by atoms with van der Waals surface area (Å²) >= 11 is 0. The molecule has 0 saturated carbocycles. The maximum atomic E-state index is 13.2. The molecule has 2 aliphatic heterocycles. The second kappa shape index (κ2) is 11.9. The van der Waals surface area contributed by atoms with E-state index in [4.69, 9.17) is 28.1 Å². The summed E-state index contributed by atoms with van der Waals surface area (Å²) in [6.45, 7) is -0.795. The Kier molecular flexibility index (Phi) is 8.47. The molecule has 2 aliphatic rings. The standard InChI is InChI=1S/C27H30O14/c1-36-13-6-17-20(14(29)8-16(39-17)11-2-4-12(28)5-3-11)18(7-13)40-27-25(35)23(33)22(32)19(41-27)10-38-26-24(34)21(31)15(30)9-37-26/h2-8,15,19,21-28,30-35H,9-10H2,1H3/t15-,19-,21+,22-,23+,24-,25-,26+,27+/m1/s1. The summed E-state index contributed by atoms with van der Waals surface area (Å²) in [6.07, 6.45) is -13.9. The predicted molar refractivity (Wildman–Crippen MR) is 137 cm³/mol. The van der Waals surface area contributed by atoms with E-state index in [0.717, 1.165) is 0 Å². The normalized spacial score (nSPS) is 32.1. The van der Waals surface area contributed by atoms with Crippen molar-refractivity contribution in [1.29, 1.82) is 0 Å². The Bertz CT molecular complexity index is 1410. The number of aromatic hydroxyl groups is 1. The van der Waals surface area contributed by atoms with Crippen molar-refractivity contribution in [3.05, 3.63) is 52.7 Å². The van der Waals surface area contributed by atoms with Gasteiger partial charge in [-0.15, -0.1) is 0 Å². The second-order valence-electron chi connectivity index (χ2n) is 9.74. The van der Waals surface area contributed by atoms with Crippen LogP contribution in [0.15, 0.2) is 51.7 Å². The van der Waals surface area contributed by atoms with Crippen LogP contribution in [0.4, 0.5) is 0 Å². The molecule has 7 N–H and O–H groups in total. The molecule has 14 nitrogen and oxygen atoms in total. The van der Waals surface area contributed by atoms with Crippen molar-refractivity contribution in [3.8, 4) is 28.6 Å². The van der Waals surface area contributed by atoms with Crippen LogP contribution in [0.2, 0.25) is 0 Å². The van der Waals surface area contributed by atoms with Crippen LogP contribution >= 0.6 is 0 Å². The molecule has 0 aliphatic carbocycles. The van der Waals surface area contributed by atoms with E-state index in [-0.39, 0.29) is 40.6 Å². The zero-order chi connectivity index (χ0) is 29.4. The summed E-state index contributed by atoms with van der Waals surface area (Å²) in [5.41, 5.74) is 0.0824. The zero-order valence-electron chi connectivity index (χ0n) is 21.6. The highest BCUT2D eigenvalue weighted by Gasteiger charge is 2.46. The van der Waals surface area contributed by atoms with Gasteiger partial charge in [-0.3, -0.25) is 4.79 Å². The third kappa shape index (κ3) is 5.88. The van der Waals surface area contributed by atoms with Gasteiger partial charge in [0.2, 0.25) is 6.29 Å². The van der Waals surface area contributed by atoms with E-state index in [2.05, 4.69) is 0 Å². The number of hydrogen-bond acceptors (Lipinski definition) is 14. The highest BCUT2D eigenvalue weighted by molar-refractivity contribution is 5.86. The fourth-order valence-corrected chi connectivity index (χ4v) is 4.60. The molecule has 9 atom stereocenters. The summed E-state index contributed by atoms with van der Waals surface area (Å²) in [6, 6.07) is 10.1. The molecule has 0 spiro atoms. The Morgan fingerprint density at radius 3 is 2.29 bits per heavy atom. The number of hydrogen-bond donors (Lipinski definition) is 7. The predicted octanol–water partition coefficient (Wildman–Crippen LogP) is -1.18. The monoisotopic (exact) mass is 578 g/mol. The van der Waals surface area contributed by atoms with Crippen LogP contribution in [0.3, 0.4) is 0 Å². The van der Waals surface area contributed by atoms with E-state index in [1.165, 1.54) is 37.4 Å². The fraction of sp³-hybridized carbons (Fsp3) is 0.444. The molecule has 222 valence electrons. The molecule has 1 aromatic heterocycles. The number of phenols is 1. The lowest BCUT2D eigenvalue weighted by atomic mass is 9.99. The third-order valence-corrected chi connectivity index (χ3v) is 6.95. The van der Waals surface area contributed by atoms with Crippen molar-refractivity contribution in [3.63, 3.8) is 0 Å². The number of rotatable bonds is 7. The van der Waals surface area contributed by atoms with Gasteiger partial charge in [-0.2, -0.15) is 0 Å². The van der Waals surface area contributed by atoms with E-state index in [0.29, 0.717) is 5.56 Å². The highest BCUT2D eigenvalue weighted by Crippen LogP contribution is 2.34. The third-order valence-electron chi connectivity index (χ3n) is 6.95. The first-order chi connectivity index (χ1) is 19.6. The van der Waals surface area contributed by atoms with Crippen LogP contribution in [0.1, 0.15) is 0 Å².